The molecule has 0 spiro atoms. The molecule has 0 atom stereocenters. The standard InChI is InChI=1S/C7H4N3O/c11-6-1-2-9-7-5(6)3-8-4-10-7/h1-4H. The summed E-state index contributed by atoms with van der Waals surface area (Å²) in [7, 11) is 0. The molecule has 1 aliphatic heterocycles. The first-order valence-electron chi connectivity index (χ1n) is 3.09. The number of aromatic nitrogens is 2. The maximum atomic E-state index is 11.1. The van der Waals surface area contributed by atoms with Crippen LogP contribution >= 0.6 is 0 Å². The van der Waals surface area contributed by atoms with Gasteiger partial charge in [0, 0.05) is 18.5 Å². The van der Waals surface area contributed by atoms with Crippen molar-refractivity contribution >= 4 is 11.6 Å². The fourth-order valence-electron chi connectivity index (χ4n) is 0.865. The van der Waals surface area contributed by atoms with E-state index in [2.05, 4.69) is 15.3 Å². The van der Waals surface area contributed by atoms with Crippen LogP contribution in [0.1, 0.15) is 10.4 Å². The quantitative estimate of drug-likeness (QED) is 0.533. The lowest BCUT2D eigenvalue weighted by atomic mass is 10.1. The Bertz CT molecular complexity index is 332. The molecule has 4 nitrogen and oxygen atoms in total. The van der Waals surface area contributed by atoms with Gasteiger partial charge in [-0.2, -0.15) is 0 Å². The van der Waals surface area contributed by atoms with E-state index in [0.717, 1.165) is 0 Å². The van der Waals surface area contributed by atoms with E-state index in [1.165, 1.54) is 24.8 Å². The first-order valence-corrected chi connectivity index (χ1v) is 3.09. The number of allylic oxidation sites excluding steroid dienone is 1. The minimum absolute atomic E-state index is 0.0874. The molecule has 0 saturated heterocycles. The minimum atomic E-state index is -0.0874. The van der Waals surface area contributed by atoms with Gasteiger partial charge in [0.1, 0.15) is 6.33 Å². The summed E-state index contributed by atoms with van der Waals surface area (Å²) in [4.78, 5) is 18.6. The molecule has 1 aromatic rings. The van der Waals surface area contributed by atoms with E-state index in [4.69, 9.17) is 0 Å². The third kappa shape index (κ3) is 0.881. The zero-order valence-corrected chi connectivity index (χ0v) is 5.56. The third-order valence-electron chi connectivity index (χ3n) is 1.38. The highest BCUT2D eigenvalue weighted by Crippen LogP contribution is 2.14. The van der Waals surface area contributed by atoms with E-state index in [1.807, 2.05) is 0 Å². The van der Waals surface area contributed by atoms with Crippen molar-refractivity contribution < 1.29 is 4.79 Å². The van der Waals surface area contributed by atoms with Crippen LogP contribution in [-0.2, 0) is 0 Å². The molecule has 0 amide bonds. The molecule has 0 saturated carbocycles. The molecule has 2 heterocycles. The Morgan fingerprint density at radius 3 is 3.09 bits per heavy atom. The summed E-state index contributed by atoms with van der Waals surface area (Å²) < 4.78 is 0. The van der Waals surface area contributed by atoms with Crippen LogP contribution in [-0.4, -0.2) is 15.8 Å². The van der Waals surface area contributed by atoms with Crippen LogP contribution in [0.25, 0.3) is 0 Å². The van der Waals surface area contributed by atoms with Crippen LogP contribution in [0.2, 0.25) is 0 Å². The fraction of sp³-hybridized carbons (Fsp3) is 0. The van der Waals surface area contributed by atoms with Gasteiger partial charge in [0.2, 0.25) is 0 Å². The lowest BCUT2D eigenvalue weighted by molar-refractivity contribution is 0.104. The minimum Gasteiger partial charge on any atom is -0.289 e. The van der Waals surface area contributed by atoms with Crippen molar-refractivity contribution in [2.45, 2.75) is 0 Å². The molecule has 0 N–H and O–H groups in total. The summed E-state index contributed by atoms with van der Waals surface area (Å²) in [6.07, 6.45) is 5.68. The summed E-state index contributed by atoms with van der Waals surface area (Å²) in [6.45, 7) is 0. The number of hydrogen-bond donors (Lipinski definition) is 0. The van der Waals surface area contributed by atoms with Gasteiger partial charge in [-0.05, 0) is 0 Å². The van der Waals surface area contributed by atoms with Crippen LogP contribution in [0.3, 0.4) is 0 Å². The van der Waals surface area contributed by atoms with E-state index in [0.29, 0.717) is 11.4 Å². The molecule has 1 aliphatic rings. The molecule has 0 aliphatic carbocycles. The second kappa shape index (κ2) is 2.16. The summed E-state index contributed by atoms with van der Waals surface area (Å²) >= 11 is 0. The highest BCUT2D eigenvalue weighted by Gasteiger charge is 2.13. The maximum Gasteiger partial charge on any atom is 0.192 e. The average Bonchev–Trinajstić information content (AvgIpc) is 2.06. The van der Waals surface area contributed by atoms with Gasteiger partial charge >= 0.3 is 0 Å². The first-order chi connectivity index (χ1) is 5.38. The van der Waals surface area contributed by atoms with Gasteiger partial charge in [-0.15, -0.1) is 0 Å². The molecule has 1 aromatic heterocycles. The van der Waals surface area contributed by atoms with E-state index < -0.39 is 0 Å². The van der Waals surface area contributed by atoms with Gasteiger partial charge in [0.15, 0.2) is 11.6 Å². The van der Waals surface area contributed by atoms with Crippen LogP contribution in [0.4, 0.5) is 5.82 Å². The molecule has 11 heavy (non-hydrogen) atoms. The van der Waals surface area contributed by atoms with Gasteiger partial charge in [-0.3, -0.25) is 4.79 Å². The average molecular weight is 146 g/mol. The van der Waals surface area contributed by atoms with Gasteiger partial charge in [-0.25, -0.2) is 15.3 Å². The number of fused-ring (bicyclic) bond motifs is 1. The summed E-state index contributed by atoms with van der Waals surface area (Å²) in [5, 5.41) is 3.89. The topological polar surface area (TPSA) is 57.0 Å². The van der Waals surface area contributed by atoms with Gasteiger partial charge in [-0.1, -0.05) is 0 Å². The van der Waals surface area contributed by atoms with Crippen molar-refractivity contribution in [3.05, 3.63) is 30.4 Å². The first kappa shape index (κ1) is 6.03. The van der Waals surface area contributed by atoms with Crippen molar-refractivity contribution in [3.63, 3.8) is 0 Å². The van der Waals surface area contributed by atoms with E-state index in [-0.39, 0.29) is 5.78 Å². The van der Waals surface area contributed by atoms with Gasteiger partial charge < -0.3 is 0 Å². The Kier molecular flexibility index (Phi) is 1.18. The normalized spacial score (nSPS) is 14.0. The van der Waals surface area contributed by atoms with E-state index in [1.54, 1.807) is 0 Å². The highest BCUT2D eigenvalue weighted by atomic mass is 16.1. The summed E-state index contributed by atoms with van der Waals surface area (Å²) in [5.74, 6) is 0.364. The zero-order valence-electron chi connectivity index (χ0n) is 5.56. The summed E-state index contributed by atoms with van der Waals surface area (Å²) in [6, 6.07) is 0. The fourth-order valence-corrected chi connectivity index (χ4v) is 0.865. The Morgan fingerprint density at radius 2 is 2.27 bits per heavy atom. The SMILES string of the molecule is O=C1C=C[N]c2ncncc21. The zero-order chi connectivity index (χ0) is 7.68. The molecular formula is C7H4N3O. The van der Waals surface area contributed by atoms with Crippen LogP contribution in [0, 0.1) is 0 Å². The molecule has 0 bridgehead atoms. The molecule has 53 valence electrons. The lowest BCUT2D eigenvalue weighted by Gasteiger charge is -2.05. The van der Waals surface area contributed by atoms with Crippen molar-refractivity contribution in [1.82, 2.24) is 15.3 Å². The number of hydrogen-bond acceptors (Lipinski definition) is 3. The molecule has 0 aromatic carbocycles. The molecule has 1 radical (unpaired) electrons. The smallest absolute Gasteiger partial charge is 0.192 e. The highest BCUT2D eigenvalue weighted by molar-refractivity contribution is 6.08. The summed E-state index contributed by atoms with van der Waals surface area (Å²) in [5.41, 5.74) is 0.468. The predicted molar refractivity (Wildman–Crippen MR) is 37.3 cm³/mol. The van der Waals surface area contributed by atoms with Gasteiger partial charge in [0.05, 0.1) is 5.56 Å². The van der Waals surface area contributed by atoms with E-state index in [9.17, 15) is 4.79 Å². The Morgan fingerprint density at radius 1 is 1.36 bits per heavy atom. The third-order valence-corrected chi connectivity index (χ3v) is 1.38. The monoisotopic (exact) mass is 146 g/mol. The number of carbonyl (C=O) groups excluding carboxylic acids is 1. The Hall–Kier alpha value is -1.71. The van der Waals surface area contributed by atoms with Crippen LogP contribution in [0.15, 0.2) is 24.8 Å². The van der Waals surface area contributed by atoms with Crippen molar-refractivity contribution in [1.29, 1.82) is 0 Å². The predicted octanol–water partition coefficient (Wildman–Crippen LogP) is 0.422. The number of ketones is 1. The van der Waals surface area contributed by atoms with Crippen molar-refractivity contribution in [2.75, 3.05) is 0 Å². The van der Waals surface area contributed by atoms with Crippen molar-refractivity contribution in [2.24, 2.45) is 0 Å². The van der Waals surface area contributed by atoms with Crippen molar-refractivity contribution in [3.8, 4) is 0 Å². The maximum absolute atomic E-state index is 11.1. The molecule has 2 rings (SSSR count). The molecular weight excluding hydrogens is 142 g/mol. The second-order valence-corrected chi connectivity index (χ2v) is 2.07. The lowest BCUT2D eigenvalue weighted by Crippen LogP contribution is -2.08. The molecule has 4 heteroatoms. The van der Waals surface area contributed by atoms with E-state index >= 15 is 0 Å². The Balaban J connectivity index is 2.59. The number of nitrogens with zero attached hydrogens (tertiary/aromatic N) is 3. The second-order valence-electron chi connectivity index (χ2n) is 2.07. The number of rotatable bonds is 0. The van der Waals surface area contributed by atoms with Crippen LogP contribution < -0.4 is 5.32 Å². The molecule has 0 unspecified atom stereocenters. The largest absolute Gasteiger partial charge is 0.289 e. The van der Waals surface area contributed by atoms with Gasteiger partial charge in [0.25, 0.3) is 0 Å². The Labute approximate surface area is 63.0 Å². The number of carbonyl (C=O) groups is 1. The molecule has 0 fully saturated rings. The van der Waals surface area contributed by atoms with Crippen LogP contribution in [0.5, 0.6) is 0 Å².